The average Bonchev–Trinajstić information content (AvgIpc) is 1.56. The summed E-state index contributed by atoms with van der Waals surface area (Å²) in [6, 6.07) is 40.4. The van der Waals surface area contributed by atoms with Gasteiger partial charge in [-0.2, -0.15) is 22.0 Å². The Morgan fingerprint density at radius 3 is 1.33 bits per heavy atom. The largest absolute Gasteiger partial charge is 0.410 e. The van der Waals surface area contributed by atoms with Crippen molar-refractivity contribution >= 4 is 94.5 Å². The van der Waals surface area contributed by atoms with Gasteiger partial charge in [-0.15, -0.1) is 24.9 Å². The molecule has 0 aliphatic carbocycles. The molecular weight excluding hydrogens is 1310 g/mol. The van der Waals surface area contributed by atoms with E-state index in [0.717, 1.165) is 111 Å². The molecule has 24 nitrogen and oxygen atoms in total. The molecule has 5 aliphatic heterocycles. The summed E-state index contributed by atoms with van der Waals surface area (Å²) in [5.41, 5.74) is 27.5. The van der Waals surface area contributed by atoms with Crippen LogP contribution in [0.3, 0.4) is 0 Å². The van der Waals surface area contributed by atoms with Crippen LogP contribution in [-0.2, 0) is 46.7 Å². The molecule has 103 heavy (non-hydrogen) atoms. The third kappa shape index (κ3) is 8.35. The molecule has 0 spiro atoms. The zero-order valence-corrected chi connectivity index (χ0v) is 55.5. The van der Waals surface area contributed by atoms with Gasteiger partial charge in [-0.25, -0.2) is 36.5 Å². The van der Waals surface area contributed by atoms with E-state index >= 15 is 0 Å². The van der Waals surface area contributed by atoms with Crippen molar-refractivity contribution in [1.29, 1.82) is 0 Å². The van der Waals surface area contributed by atoms with Gasteiger partial charge in [-0.1, -0.05) is 29.5 Å². The molecule has 0 bridgehead atoms. The Bertz CT molecular complexity index is 7090. The normalized spacial score (nSPS) is 13.5. The molecule has 0 saturated heterocycles. The minimum absolute atomic E-state index is 0.604. The molecule has 26 rings (SSSR count). The summed E-state index contributed by atoms with van der Waals surface area (Å²) in [6.07, 6.45) is 38.4. The summed E-state index contributed by atoms with van der Waals surface area (Å²) in [5.74, 6) is 3.71. The average molecular weight is 1370 g/mol. The van der Waals surface area contributed by atoms with Crippen LogP contribution in [0.4, 0.5) is 0 Å². The maximum absolute atomic E-state index is 7.95. The number of para-hydroxylation sites is 1. The second-order valence-electron chi connectivity index (χ2n) is 25.9. The number of pyridine rings is 10. The fourth-order valence-electron chi connectivity index (χ4n) is 15.9. The van der Waals surface area contributed by atoms with Crippen molar-refractivity contribution in [2.45, 2.75) is 32.7 Å². The minimum atomic E-state index is -2.28. The maximum Gasteiger partial charge on any atom is 0.410 e. The molecule has 0 fully saturated rings. The summed E-state index contributed by atoms with van der Waals surface area (Å²) in [6.45, 7) is 1.74. The monoisotopic (exact) mass is 1370 g/mol. The van der Waals surface area contributed by atoms with Crippen molar-refractivity contribution in [2.24, 2.45) is 14.0 Å². The van der Waals surface area contributed by atoms with Gasteiger partial charge >= 0.3 is 28.8 Å². The first-order valence-corrected chi connectivity index (χ1v) is 34.4. The second-order valence-corrected chi connectivity index (χ2v) is 26.9. The smallest absolute Gasteiger partial charge is 0.396 e. The Balaban J connectivity index is 0.0000000830. The number of hydrogen-bond donors (Lipinski definition) is 0. The highest BCUT2D eigenvalue weighted by Crippen LogP contribution is 2.39. The van der Waals surface area contributed by atoms with Crippen LogP contribution in [0.2, 0.25) is 0 Å². The first kappa shape index (κ1) is 54.1. The molecule has 0 radical (unpaired) electrons. The first-order valence-electron chi connectivity index (χ1n) is 35.1. The van der Waals surface area contributed by atoms with Crippen LogP contribution in [0.15, 0.2) is 250 Å². The molecule has 0 unspecified atom stereocenters. The summed E-state index contributed by atoms with van der Waals surface area (Å²) in [7, 11) is 2.09. The van der Waals surface area contributed by atoms with E-state index in [4.69, 9.17) is 8.53 Å². The maximum atomic E-state index is 7.95. The van der Waals surface area contributed by atoms with Crippen molar-refractivity contribution in [3.05, 3.63) is 273 Å². The minimum Gasteiger partial charge on any atom is -0.396 e. The lowest BCUT2D eigenvalue weighted by atomic mass is 10.1. The van der Waals surface area contributed by atoms with Gasteiger partial charge in [-0.3, -0.25) is 24.9 Å². The van der Waals surface area contributed by atoms with E-state index in [-0.39, 0.29) is 0 Å². The van der Waals surface area contributed by atoms with Crippen molar-refractivity contribution in [1.82, 2.24) is 86.4 Å². The van der Waals surface area contributed by atoms with E-state index in [1.54, 1.807) is 42.1 Å². The summed E-state index contributed by atoms with van der Waals surface area (Å²) in [5, 5.41) is 0. The fourth-order valence-corrected chi connectivity index (χ4v) is 17.0. The van der Waals surface area contributed by atoms with Crippen LogP contribution in [0, 0.1) is 0 Å². The van der Waals surface area contributed by atoms with E-state index in [9.17, 15) is 0 Å². The molecular formula is C78H56N23OS+5. The fraction of sp³-hybridized carbons (Fsp3) is 0.0897. The molecule has 0 atom stereocenters. The molecule has 0 N–H and O–H groups in total. The van der Waals surface area contributed by atoms with E-state index in [2.05, 4.69) is 183 Å². The van der Waals surface area contributed by atoms with Crippen molar-refractivity contribution in [3.8, 4) is 62.0 Å². The van der Waals surface area contributed by atoms with Gasteiger partial charge < -0.3 is 4.42 Å². The molecule has 0 amide bonds. The zero-order valence-electron chi connectivity index (χ0n) is 57.7. The van der Waals surface area contributed by atoms with Crippen LogP contribution in [0.5, 0.6) is 0 Å². The van der Waals surface area contributed by atoms with Gasteiger partial charge in [0.2, 0.25) is 5.58 Å². The number of thiazole rings is 1. The highest BCUT2D eigenvalue weighted by Gasteiger charge is 2.36. The number of aromatic nitrogens is 23. The number of oxazole rings is 1. The number of fused-ring (bicyclic) bond motifs is 35. The molecule has 0 saturated carbocycles. The Morgan fingerprint density at radius 2 is 0.777 bits per heavy atom. The molecule has 1 aromatic carbocycles. The Kier molecular flexibility index (Phi) is 11.5. The number of imidazole rings is 8. The Morgan fingerprint density at radius 1 is 0.369 bits per heavy atom. The standard InChI is InChI=1S/C20H14N5.2C15H12N5.C14H9N4O.C14H9N4S/c1-2-5-15(6-3-1)25-17-7-4-9-22-19(17)24-13-18-16-8-10-21-11-14(16)12-23(18)20(24)25;2*1-18-12-3-2-5-17-14(12)20-9-13-11-4-6-16-7-10(11)8-19(13)15(18)20;2*1-2-12-13(16-4-1)18-8-11-10-3-5-15-6-9(10)7-17(11)14(18)19-12/h1-11,13H,12H2;2*2-7,9H,8H2,1H3;2*1-6,8H,7H2/q5*+1/i;1D3;;;. The van der Waals surface area contributed by atoms with Gasteiger partial charge in [0.25, 0.3) is 27.5 Å². The van der Waals surface area contributed by atoms with Crippen molar-refractivity contribution in [2.75, 3.05) is 0 Å². The Hall–Kier alpha value is -13.8. The van der Waals surface area contributed by atoms with E-state index in [0.29, 0.717) is 23.5 Å². The van der Waals surface area contributed by atoms with Crippen molar-refractivity contribution < 1.29 is 30.5 Å². The lowest BCUT2D eigenvalue weighted by molar-refractivity contribution is -0.486. The lowest BCUT2D eigenvalue weighted by Gasteiger charge is -2.02. The summed E-state index contributed by atoms with van der Waals surface area (Å²) in [4.78, 5) is 44.7. The van der Waals surface area contributed by atoms with Gasteiger partial charge in [-0.05, 0) is 103 Å². The number of nitrogens with zero attached hydrogens (tertiary/aromatic N) is 23. The SMILES string of the molecule is Cn1c2cccnc2[n+]2cc3n(c12)Cc1cnccc1-3.[2H]C([2H])([2H])n1c2cccnc2[n+]2cc3n(c12)Cc1cnccc1-3.c1ccc(-n2c3cccnc3[n+]3cc4n(c23)Cc2cnccc2-4)cc1.c1cnc2c(c1)oc1n3c(c[n+]21)-c1ccncc1C3.c1cnc2c(c1)sc1n3c(c[n+]21)-c1ccncc1C3. The first-order chi connectivity index (χ1) is 52.1. The molecule has 20 aromatic heterocycles. The third-order valence-electron chi connectivity index (χ3n) is 20.4. The number of benzene rings is 1. The molecule has 25 heteroatoms. The predicted molar refractivity (Wildman–Crippen MR) is 384 cm³/mol. The summed E-state index contributed by atoms with van der Waals surface area (Å²) >= 11 is 1.79. The van der Waals surface area contributed by atoms with Crippen LogP contribution in [-0.4, -0.2) is 86.4 Å². The lowest BCUT2D eigenvalue weighted by Crippen LogP contribution is -2.19. The van der Waals surface area contributed by atoms with Crippen LogP contribution >= 0.6 is 11.3 Å². The highest BCUT2D eigenvalue weighted by molar-refractivity contribution is 7.22. The van der Waals surface area contributed by atoms with Gasteiger partial charge in [0, 0.05) is 132 Å². The molecule has 25 heterocycles. The molecule has 490 valence electrons. The van der Waals surface area contributed by atoms with Crippen LogP contribution in [0.25, 0.3) is 145 Å². The zero-order chi connectivity index (χ0) is 70.2. The number of rotatable bonds is 1. The predicted octanol–water partition coefficient (Wildman–Crippen LogP) is 10.1. The van der Waals surface area contributed by atoms with E-state index in [1.165, 1.54) is 75.8 Å². The number of hydrogen-bond acceptors (Lipinski definition) is 12. The van der Waals surface area contributed by atoms with E-state index < -0.39 is 6.98 Å². The van der Waals surface area contributed by atoms with Gasteiger partial charge in [0.1, 0.15) is 58.0 Å². The Labute approximate surface area is 590 Å². The van der Waals surface area contributed by atoms with Gasteiger partial charge in [0.15, 0.2) is 16.6 Å². The van der Waals surface area contributed by atoms with E-state index in [1.807, 2.05) is 142 Å². The summed E-state index contributed by atoms with van der Waals surface area (Å²) < 4.78 is 58.5. The molecule has 5 aliphatic rings. The highest BCUT2D eigenvalue weighted by atomic mass is 32.1. The van der Waals surface area contributed by atoms with Crippen LogP contribution < -0.4 is 22.0 Å². The van der Waals surface area contributed by atoms with Gasteiger partial charge in [0.05, 0.1) is 79.7 Å². The topological polar surface area (TPSA) is 202 Å². The van der Waals surface area contributed by atoms with Crippen LogP contribution in [0.1, 0.15) is 31.9 Å². The molecule has 21 aromatic rings. The quantitative estimate of drug-likeness (QED) is 0.142. The third-order valence-corrected chi connectivity index (χ3v) is 21.5. The van der Waals surface area contributed by atoms with Crippen molar-refractivity contribution in [3.63, 3.8) is 0 Å². The number of aryl methyl sites for hydroxylation is 2. The second kappa shape index (κ2) is 21.8.